The monoisotopic (exact) mass is 400 g/mol. The van der Waals surface area contributed by atoms with Crippen LogP contribution in [0.3, 0.4) is 0 Å². The maximum atomic E-state index is 12.3. The average Bonchev–Trinajstić information content (AvgIpc) is 2.63. The van der Waals surface area contributed by atoms with Crippen LogP contribution in [0.5, 0.6) is 0 Å². The van der Waals surface area contributed by atoms with Gasteiger partial charge in [-0.25, -0.2) is 0 Å². The highest BCUT2D eigenvalue weighted by molar-refractivity contribution is 7.99. The summed E-state index contributed by atoms with van der Waals surface area (Å²) in [7, 11) is 0. The summed E-state index contributed by atoms with van der Waals surface area (Å²) in [4.78, 5) is 28.1. The van der Waals surface area contributed by atoms with Gasteiger partial charge in [0.05, 0.1) is 5.75 Å². The topological polar surface area (TPSA) is 90.0 Å². The fourth-order valence-corrected chi connectivity index (χ4v) is 3.41. The van der Waals surface area contributed by atoms with Crippen molar-refractivity contribution in [1.82, 2.24) is 9.55 Å². The summed E-state index contributed by atoms with van der Waals surface area (Å²) in [6, 6.07) is 15.7. The van der Waals surface area contributed by atoms with Crippen LogP contribution in [0.2, 0.25) is 5.02 Å². The van der Waals surface area contributed by atoms with Crippen molar-refractivity contribution >= 4 is 40.8 Å². The molecule has 3 N–H and O–H groups in total. The zero-order chi connectivity index (χ0) is 19.4. The number of nitrogens with one attached hydrogen (secondary N) is 1. The summed E-state index contributed by atoms with van der Waals surface area (Å²) in [5.41, 5.74) is 7.98. The smallest absolute Gasteiger partial charge is 0.275 e. The number of carbonyl (C=O) groups excluding carboxylic acids is 1. The Kier molecular flexibility index (Phi) is 5.83. The lowest BCUT2D eigenvalue weighted by atomic mass is 10.2. The SMILES string of the molecule is Cc1ccccc1NC(=O)CSc1nc(=O)cc(N)n1-c1ccc(Cl)cc1. The van der Waals surface area contributed by atoms with Crippen molar-refractivity contribution in [2.24, 2.45) is 0 Å². The van der Waals surface area contributed by atoms with Gasteiger partial charge >= 0.3 is 0 Å². The first-order valence-corrected chi connectivity index (χ1v) is 9.44. The highest BCUT2D eigenvalue weighted by Gasteiger charge is 2.13. The van der Waals surface area contributed by atoms with E-state index < -0.39 is 5.56 Å². The van der Waals surface area contributed by atoms with Gasteiger partial charge in [-0.2, -0.15) is 4.98 Å². The minimum atomic E-state index is -0.459. The fourth-order valence-electron chi connectivity index (χ4n) is 2.45. The molecule has 0 atom stereocenters. The van der Waals surface area contributed by atoms with Gasteiger partial charge in [-0.05, 0) is 42.8 Å². The molecule has 138 valence electrons. The lowest BCUT2D eigenvalue weighted by Gasteiger charge is -2.15. The van der Waals surface area contributed by atoms with Crippen LogP contribution in [0.25, 0.3) is 5.69 Å². The number of benzene rings is 2. The molecule has 6 nitrogen and oxygen atoms in total. The predicted octanol–water partition coefficient (Wildman–Crippen LogP) is 3.51. The minimum absolute atomic E-state index is 0.0812. The number of aryl methyl sites for hydroxylation is 1. The Hall–Kier alpha value is -2.77. The number of nitrogens with zero attached hydrogens (tertiary/aromatic N) is 2. The Morgan fingerprint density at radius 2 is 1.93 bits per heavy atom. The van der Waals surface area contributed by atoms with Crippen molar-refractivity contribution in [2.75, 3.05) is 16.8 Å². The van der Waals surface area contributed by atoms with Gasteiger partial charge in [0.2, 0.25) is 5.91 Å². The van der Waals surface area contributed by atoms with Gasteiger partial charge in [-0.1, -0.05) is 41.6 Å². The summed E-state index contributed by atoms with van der Waals surface area (Å²) in [5.74, 6) is 0.116. The molecule has 8 heteroatoms. The number of amides is 1. The van der Waals surface area contributed by atoms with Crippen LogP contribution in [0.4, 0.5) is 11.5 Å². The molecule has 2 aromatic carbocycles. The summed E-state index contributed by atoms with van der Waals surface area (Å²) in [5, 5.41) is 3.77. The molecule has 1 aromatic heterocycles. The standard InChI is InChI=1S/C19H17ClN4O2S/c1-12-4-2-3-5-15(12)22-18(26)11-27-19-23-17(25)10-16(21)24(19)14-8-6-13(20)7-9-14/h2-10H,11,21H2,1H3,(H,22,26). The Morgan fingerprint density at radius 1 is 1.22 bits per heavy atom. The van der Waals surface area contributed by atoms with Gasteiger partial charge in [-0.3, -0.25) is 14.2 Å². The van der Waals surface area contributed by atoms with E-state index in [2.05, 4.69) is 10.3 Å². The van der Waals surface area contributed by atoms with Crippen LogP contribution in [0.1, 0.15) is 5.56 Å². The van der Waals surface area contributed by atoms with E-state index >= 15 is 0 Å². The van der Waals surface area contributed by atoms with Crippen molar-refractivity contribution in [3.05, 3.63) is 75.5 Å². The van der Waals surface area contributed by atoms with Crippen LogP contribution >= 0.6 is 23.4 Å². The Bertz CT molecular complexity index is 1030. The molecule has 1 amide bonds. The van der Waals surface area contributed by atoms with Crippen molar-refractivity contribution in [2.45, 2.75) is 12.1 Å². The van der Waals surface area contributed by atoms with Gasteiger partial charge < -0.3 is 11.1 Å². The normalized spacial score (nSPS) is 10.6. The summed E-state index contributed by atoms with van der Waals surface area (Å²) in [6.07, 6.45) is 0. The molecule has 0 saturated carbocycles. The maximum absolute atomic E-state index is 12.3. The number of nitrogen functional groups attached to an aromatic ring is 1. The third-order valence-corrected chi connectivity index (χ3v) is 4.95. The molecule has 0 fully saturated rings. The second kappa shape index (κ2) is 8.28. The number of rotatable bonds is 5. The maximum Gasteiger partial charge on any atom is 0.275 e. The van der Waals surface area contributed by atoms with E-state index in [4.69, 9.17) is 17.3 Å². The quantitative estimate of drug-likeness (QED) is 0.505. The Balaban J connectivity index is 1.82. The molecule has 0 unspecified atom stereocenters. The number of nitrogens with two attached hydrogens (primary N) is 1. The van der Waals surface area contributed by atoms with E-state index in [-0.39, 0.29) is 17.5 Å². The van der Waals surface area contributed by atoms with Gasteiger partial charge in [0.15, 0.2) is 5.16 Å². The molecule has 0 saturated heterocycles. The molecule has 1 heterocycles. The zero-order valence-electron chi connectivity index (χ0n) is 14.5. The van der Waals surface area contributed by atoms with Crippen molar-refractivity contribution in [1.29, 1.82) is 0 Å². The number of thioether (sulfide) groups is 1. The van der Waals surface area contributed by atoms with E-state index in [9.17, 15) is 9.59 Å². The highest BCUT2D eigenvalue weighted by Crippen LogP contribution is 2.24. The number of carbonyl (C=O) groups is 1. The first-order valence-electron chi connectivity index (χ1n) is 8.08. The molecule has 0 aliphatic carbocycles. The first-order chi connectivity index (χ1) is 12.9. The summed E-state index contributed by atoms with van der Waals surface area (Å²) >= 11 is 7.07. The third kappa shape index (κ3) is 4.69. The van der Waals surface area contributed by atoms with Crippen molar-refractivity contribution in [3.63, 3.8) is 0 Å². The van der Waals surface area contributed by atoms with Crippen LogP contribution in [0, 0.1) is 6.92 Å². The first kappa shape index (κ1) is 19.0. The lowest BCUT2D eigenvalue weighted by molar-refractivity contribution is -0.113. The zero-order valence-corrected chi connectivity index (χ0v) is 16.1. The van der Waals surface area contributed by atoms with Crippen LogP contribution in [-0.4, -0.2) is 21.2 Å². The van der Waals surface area contributed by atoms with Crippen LogP contribution in [-0.2, 0) is 4.79 Å². The van der Waals surface area contributed by atoms with E-state index in [0.717, 1.165) is 23.0 Å². The van der Waals surface area contributed by atoms with E-state index in [1.807, 2.05) is 31.2 Å². The number of hydrogen-bond donors (Lipinski definition) is 2. The fraction of sp³-hybridized carbons (Fsp3) is 0.105. The van der Waals surface area contributed by atoms with E-state index in [1.54, 1.807) is 28.8 Å². The van der Waals surface area contributed by atoms with Gasteiger partial charge in [-0.15, -0.1) is 0 Å². The molecule has 0 spiro atoms. The molecular formula is C19H17ClN4O2S. The summed E-state index contributed by atoms with van der Waals surface area (Å²) in [6.45, 7) is 1.92. The highest BCUT2D eigenvalue weighted by atomic mass is 35.5. The molecule has 0 aliphatic rings. The van der Waals surface area contributed by atoms with Crippen LogP contribution < -0.4 is 16.6 Å². The second-order valence-corrected chi connectivity index (χ2v) is 7.14. The number of para-hydroxylation sites is 1. The number of anilines is 2. The Morgan fingerprint density at radius 3 is 2.63 bits per heavy atom. The van der Waals surface area contributed by atoms with E-state index in [1.165, 1.54) is 6.07 Å². The lowest BCUT2D eigenvalue weighted by Crippen LogP contribution is -2.19. The average molecular weight is 401 g/mol. The number of hydrogen-bond acceptors (Lipinski definition) is 5. The molecule has 27 heavy (non-hydrogen) atoms. The Labute approximate surface area is 165 Å². The van der Waals surface area contributed by atoms with Crippen molar-refractivity contribution in [3.8, 4) is 5.69 Å². The van der Waals surface area contributed by atoms with E-state index in [0.29, 0.717) is 15.9 Å². The number of halogens is 1. The number of aromatic nitrogens is 2. The van der Waals surface area contributed by atoms with Gasteiger partial charge in [0.1, 0.15) is 5.82 Å². The molecule has 3 rings (SSSR count). The van der Waals surface area contributed by atoms with Gasteiger partial charge in [0, 0.05) is 22.5 Å². The molecule has 0 bridgehead atoms. The largest absolute Gasteiger partial charge is 0.385 e. The minimum Gasteiger partial charge on any atom is -0.385 e. The van der Waals surface area contributed by atoms with Crippen molar-refractivity contribution < 1.29 is 4.79 Å². The third-order valence-electron chi connectivity index (χ3n) is 3.76. The molecule has 0 radical (unpaired) electrons. The molecular weight excluding hydrogens is 384 g/mol. The second-order valence-electron chi connectivity index (χ2n) is 5.77. The summed E-state index contributed by atoms with van der Waals surface area (Å²) < 4.78 is 1.61. The van der Waals surface area contributed by atoms with Crippen LogP contribution in [0.15, 0.2) is 64.5 Å². The molecule has 0 aliphatic heterocycles. The molecule has 3 aromatic rings. The van der Waals surface area contributed by atoms with Gasteiger partial charge in [0.25, 0.3) is 5.56 Å². The predicted molar refractivity (Wildman–Crippen MR) is 110 cm³/mol.